The van der Waals surface area contributed by atoms with Crippen LogP contribution >= 0.6 is 15.9 Å². The number of pyridine rings is 1. The van der Waals surface area contributed by atoms with Crippen LogP contribution in [0.2, 0.25) is 0 Å². The average Bonchev–Trinajstić information content (AvgIpc) is 2.57. The van der Waals surface area contributed by atoms with Gasteiger partial charge in [-0.15, -0.1) is 0 Å². The van der Waals surface area contributed by atoms with Crippen molar-refractivity contribution in [1.82, 2.24) is 14.5 Å². The summed E-state index contributed by atoms with van der Waals surface area (Å²) in [6.07, 6.45) is 1.81. The summed E-state index contributed by atoms with van der Waals surface area (Å²) in [5, 5.41) is 0. The van der Waals surface area contributed by atoms with Crippen LogP contribution in [-0.2, 0) is 13.7 Å². The summed E-state index contributed by atoms with van der Waals surface area (Å²) in [5.74, 6) is 1.58. The maximum Gasteiger partial charge on any atom is 0.214 e. The van der Waals surface area contributed by atoms with Gasteiger partial charge in [0.1, 0.15) is 17.0 Å². The standard InChI is InChI=1S/C11H12BrN3O/c1-8-13-6-9(15(8)2)7-16-11-5-3-4-10(12)14-11/h3-6H,7H2,1-2H3. The van der Waals surface area contributed by atoms with Gasteiger partial charge in [0.25, 0.3) is 0 Å². The predicted molar refractivity (Wildman–Crippen MR) is 64.2 cm³/mol. The Labute approximate surface area is 102 Å². The van der Waals surface area contributed by atoms with Crippen LogP contribution in [0, 0.1) is 6.92 Å². The van der Waals surface area contributed by atoms with Crippen LogP contribution in [0.25, 0.3) is 0 Å². The second-order valence-corrected chi connectivity index (χ2v) is 4.26. The molecule has 0 aliphatic rings. The first-order chi connectivity index (χ1) is 7.66. The fourth-order valence-corrected chi connectivity index (χ4v) is 1.63. The maximum absolute atomic E-state index is 5.57. The number of aromatic nitrogens is 3. The molecule has 0 aromatic carbocycles. The molecule has 0 fully saturated rings. The van der Waals surface area contributed by atoms with Gasteiger partial charge in [-0.3, -0.25) is 0 Å². The van der Waals surface area contributed by atoms with E-state index >= 15 is 0 Å². The number of nitrogens with zero attached hydrogens (tertiary/aromatic N) is 3. The van der Waals surface area contributed by atoms with E-state index in [0.717, 1.165) is 16.1 Å². The molecule has 0 aliphatic carbocycles. The normalized spacial score (nSPS) is 10.4. The lowest BCUT2D eigenvalue weighted by Crippen LogP contribution is -2.03. The number of rotatable bonds is 3. The molecule has 0 unspecified atom stereocenters. The zero-order chi connectivity index (χ0) is 11.5. The lowest BCUT2D eigenvalue weighted by atomic mass is 10.5. The lowest BCUT2D eigenvalue weighted by Gasteiger charge is -2.06. The van der Waals surface area contributed by atoms with Gasteiger partial charge < -0.3 is 9.30 Å². The summed E-state index contributed by atoms with van der Waals surface area (Å²) < 4.78 is 8.33. The predicted octanol–water partition coefficient (Wildman–Crippen LogP) is 2.47. The Morgan fingerprint density at radius 3 is 2.88 bits per heavy atom. The van der Waals surface area contributed by atoms with E-state index in [1.807, 2.05) is 42.9 Å². The van der Waals surface area contributed by atoms with Crippen molar-refractivity contribution in [2.45, 2.75) is 13.5 Å². The van der Waals surface area contributed by atoms with Crippen molar-refractivity contribution in [3.05, 3.63) is 40.5 Å². The molecule has 2 aromatic heterocycles. The lowest BCUT2D eigenvalue weighted by molar-refractivity contribution is 0.284. The van der Waals surface area contributed by atoms with Crippen LogP contribution in [0.4, 0.5) is 0 Å². The van der Waals surface area contributed by atoms with E-state index in [9.17, 15) is 0 Å². The Balaban J connectivity index is 2.05. The first-order valence-electron chi connectivity index (χ1n) is 4.89. The van der Waals surface area contributed by atoms with Gasteiger partial charge in [0.05, 0.1) is 11.9 Å². The number of halogens is 1. The molecule has 2 rings (SSSR count). The number of ether oxygens (including phenoxy) is 1. The van der Waals surface area contributed by atoms with E-state index in [2.05, 4.69) is 25.9 Å². The first-order valence-corrected chi connectivity index (χ1v) is 5.68. The molecule has 16 heavy (non-hydrogen) atoms. The third-order valence-corrected chi connectivity index (χ3v) is 2.82. The molecule has 0 saturated carbocycles. The first kappa shape index (κ1) is 11.1. The quantitative estimate of drug-likeness (QED) is 0.812. The molecule has 0 atom stereocenters. The second-order valence-electron chi connectivity index (χ2n) is 3.44. The summed E-state index contributed by atoms with van der Waals surface area (Å²) in [6.45, 7) is 2.43. The highest BCUT2D eigenvalue weighted by atomic mass is 79.9. The molecule has 0 saturated heterocycles. The molecule has 0 aliphatic heterocycles. The third-order valence-electron chi connectivity index (χ3n) is 2.37. The molecule has 0 N–H and O–H groups in total. The maximum atomic E-state index is 5.57. The van der Waals surface area contributed by atoms with Crippen molar-refractivity contribution >= 4 is 15.9 Å². The third kappa shape index (κ3) is 2.41. The fourth-order valence-electron chi connectivity index (χ4n) is 1.30. The summed E-state index contributed by atoms with van der Waals surface area (Å²) in [6, 6.07) is 5.58. The molecule has 2 aromatic rings. The smallest absolute Gasteiger partial charge is 0.214 e. The van der Waals surface area contributed by atoms with Crippen molar-refractivity contribution in [3.63, 3.8) is 0 Å². The average molecular weight is 282 g/mol. The van der Waals surface area contributed by atoms with E-state index in [0.29, 0.717) is 12.5 Å². The van der Waals surface area contributed by atoms with Crippen molar-refractivity contribution in [2.75, 3.05) is 0 Å². The Kier molecular flexibility index (Phi) is 3.24. The Morgan fingerprint density at radius 1 is 1.44 bits per heavy atom. The topological polar surface area (TPSA) is 39.9 Å². The van der Waals surface area contributed by atoms with Crippen LogP contribution in [0.3, 0.4) is 0 Å². The molecule has 2 heterocycles. The second kappa shape index (κ2) is 4.65. The minimum Gasteiger partial charge on any atom is -0.471 e. The molecule has 0 spiro atoms. The highest BCUT2D eigenvalue weighted by Gasteiger charge is 2.03. The molecular weight excluding hydrogens is 270 g/mol. The van der Waals surface area contributed by atoms with Gasteiger partial charge in [-0.25, -0.2) is 9.97 Å². The van der Waals surface area contributed by atoms with E-state index in [1.165, 1.54) is 0 Å². The zero-order valence-corrected chi connectivity index (χ0v) is 10.7. The van der Waals surface area contributed by atoms with Gasteiger partial charge in [-0.05, 0) is 28.9 Å². The van der Waals surface area contributed by atoms with Gasteiger partial charge in [0.15, 0.2) is 0 Å². The van der Waals surface area contributed by atoms with Crippen LogP contribution in [0.1, 0.15) is 11.5 Å². The highest BCUT2D eigenvalue weighted by Crippen LogP contribution is 2.13. The van der Waals surface area contributed by atoms with E-state index in [-0.39, 0.29) is 0 Å². The van der Waals surface area contributed by atoms with Gasteiger partial charge in [-0.1, -0.05) is 6.07 Å². The van der Waals surface area contributed by atoms with E-state index < -0.39 is 0 Å². The molecule has 5 heteroatoms. The number of imidazole rings is 1. The molecule has 0 amide bonds. The molecule has 0 bridgehead atoms. The van der Waals surface area contributed by atoms with Crippen molar-refractivity contribution in [2.24, 2.45) is 7.05 Å². The van der Waals surface area contributed by atoms with Gasteiger partial charge in [0.2, 0.25) is 5.88 Å². The fraction of sp³-hybridized carbons (Fsp3) is 0.273. The number of aryl methyl sites for hydroxylation is 1. The van der Waals surface area contributed by atoms with Gasteiger partial charge in [0, 0.05) is 13.1 Å². The SMILES string of the molecule is Cc1ncc(COc2cccc(Br)n2)n1C. The summed E-state index contributed by atoms with van der Waals surface area (Å²) in [4.78, 5) is 8.39. The monoisotopic (exact) mass is 281 g/mol. The Bertz CT molecular complexity index is 496. The Morgan fingerprint density at radius 2 is 2.25 bits per heavy atom. The van der Waals surface area contributed by atoms with Crippen LogP contribution in [-0.4, -0.2) is 14.5 Å². The number of hydrogen-bond acceptors (Lipinski definition) is 3. The molecule has 84 valence electrons. The van der Waals surface area contributed by atoms with Crippen LogP contribution in [0.15, 0.2) is 29.0 Å². The van der Waals surface area contributed by atoms with Gasteiger partial charge >= 0.3 is 0 Å². The van der Waals surface area contributed by atoms with Crippen LogP contribution in [0.5, 0.6) is 5.88 Å². The summed E-state index contributed by atoms with van der Waals surface area (Å²) >= 11 is 3.30. The largest absolute Gasteiger partial charge is 0.471 e. The van der Waals surface area contributed by atoms with Crippen molar-refractivity contribution in [1.29, 1.82) is 0 Å². The zero-order valence-electron chi connectivity index (χ0n) is 9.14. The minimum atomic E-state index is 0.473. The minimum absolute atomic E-state index is 0.473. The molecule has 0 radical (unpaired) electrons. The summed E-state index contributed by atoms with van der Waals surface area (Å²) in [5.41, 5.74) is 1.03. The van der Waals surface area contributed by atoms with Crippen molar-refractivity contribution in [3.8, 4) is 5.88 Å². The Hall–Kier alpha value is -1.36. The van der Waals surface area contributed by atoms with Crippen LogP contribution < -0.4 is 4.74 Å². The van der Waals surface area contributed by atoms with E-state index in [1.54, 1.807) is 0 Å². The molecular formula is C11H12BrN3O. The van der Waals surface area contributed by atoms with Crippen molar-refractivity contribution < 1.29 is 4.74 Å². The van der Waals surface area contributed by atoms with Gasteiger partial charge in [-0.2, -0.15) is 0 Å². The summed E-state index contributed by atoms with van der Waals surface area (Å²) in [7, 11) is 1.97. The highest BCUT2D eigenvalue weighted by molar-refractivity contribution is 9.10. The van der Waals surface area contributed by atoms with E-state index in [4.69, 9.17) is 4.74 Å². The molecule has 4 nitrogen and oxygen atoms in total. The number of hydrogen-bond donors (Lipinski definition) is 0.